The summed E-state index contributed by atoms with van der Waals surface area (Å²) in [6.45, 7) is 8.33. The van der Waals surface area contributed by atoms with Crippen molar-refractivity contribution in [2.24, 2.45) is 0 Å². The topological polar surface area (TPSA) is 30.5 Å². The summed E-state index contributed by atoms with van der Waals surface area (Å²) in [5.74, 6) is 0. The molecule has 1 saturated heterocycles. The van der Waals surface area contributed by atoms with Gasteiger partial charge in [-0.25, -0.2) is 0 Å². The summed E-state index contributed by atoms with van der Waals surface area (Å²) in [5.41, 5.74) is 0. The average Bonchev–Trinajstić information content (AvgIpc) is 2.58. The molecule has 0 aromatic carbocycles. The van der Waals surface area contributed by atoms with E-state index in [0.717, 1.165) is 26.1 Å². The van der Waals surface area contributed by atoms with Crippen LogP contribution in [0.5, 0.6) is 0 Å². The molecule has 0 aromatic rings. The highest BCUT2D eigenvalue weighted by atomic mass is 16.5. The minimum atomic E-state index is 0.422. The molecule has 14 heavy (non-hydrogen) atoms. The van der Waals surface area contributed by atoms with E-state index in [2.05, 4.69) is 18.8 Å². The lowest BCUT2D eigenvalue weighted by Crippen LogP contribution is -2.28. The predicted octanol–water partition coefficient (Wildman–Crippen LogP) is 1.69. The van der Waals surface area contributed by atoms with Crippen LogP contribution in [0.4, 0.5) is 0 Å². The molecule has 0 saturated carbocycles. The Morgan fingerprint density at radius 2 is 2.43 bits per heavy atom. The number of nitrogens with one attached hydrogen (secondary N) is 1. The van der Waals surface area contributed by atoms with Crippen LogP contribution in [-0.4, -0.2) is 31.9 Å². The second-order valence-corrected chi connectivity index (χ2v) is 3.74. The third-order valence-corrected chi connectivity index (χ3v) is 2.43. The minimum Gasteiger partial charge on any atom is -0.502 e. The fourth-order valence-corrected chi connectivity index (χ4v) is 1.66. The third kappa shape index (κ3) is 4.63. The number of rotatable bonds is 7. The first-order chi connectivity index (χ1) is 6.83. The molecule has 82 valence electrons. The normalized spacial score (nSPS) is 26.4. The summed E-state index contributed by atoms with van der Waals surface area (Å²) in [4.78, 5) is 0. The van der Waals surface area contributed by atoms with Gasteiger partial charge in [0.25, 0.3) is 0 Å². The number of ether oxygens (including phenoxy) is 2. The van der Waals surface area contributed by atoms with Crippen molar-refractivity contribution in [3.05, 3.63) is 12.8 Å². The fourth-order valence-electron chi connectivity index (χ4n) is 1.66. The molecule has 0 aliphatic carbocycles. The summed E-state index contributed by atoms with van der Waals surface area (Å²) in [6.07, 6.45) is 5.77. The van der Waals surface area contributed by atoms with Gasteiger partial charge in [0, 0.05) is 6.54 Å². The maximum Gasteiger partial charge on any atom is 0.0885 e. The van der Waals surface area contributed by atoms with Crippen LogP contribution in [0.2, 0.25) is 0 Å². The first kappa shape index (κ1) is 11.5. The van der Waals surface area contributed by atoms with Gasteiger partial charge in [0.2, 0.25) is 0 Å². The molecule has 2 unspecified atom stereocenters. The van der Waals surface area contributed by atoms with Gasteiger partial charge in [-0.05, 0) is 32.7 Å². The van der Waals surface area contributed by atoms with Crippen LogP contribution in [0, 0.1) is 0 Å². The molecule has 0 amide bonds. The van der Waals surface area contributed by atoms with Crippen molar-refractivity contribution < 1.29 is 9.47 Å². The van der Waals surface area contributed by atoms with Gasteiger partial charge in [-0.1, -0.05) is 6.58 Å². The molecular weight excluding hydrogens is 178 g/mol. The summed E-state index contributed by atoms with van der Waals surface area (Å²) < 4.78 is 10.7. The van der Waals surface area contributed by atoms with E-state index < -0.39 is 0 Å². The highest BCUT2D eigenvalue weighted by Crippen LogP contribution is 2.17. The van der Waals surface area contributed by atoms with Gasteiger partial charge in [0.05, 0.1) is 25.1 Å². The van der Waals surface area contributed by atoms with E-state index in [1.165, 1.54) is 19.1 Å². The van der Waals surface area contributed by atoms with Crippen LogP contribution in [-0.2, 0) is 9.47 Å². The molecule has 0 radical (unpaired) electrons. The lowest BCUT2D eigenvalue weighted by molar-refractivity contribution is 0.0559. The molecule has 1 heterocycles. The Kier molecular flexibility index (Phi) is 5.64. The van der Waals surface area contributed by atoms with E-state index in [9.17, 15) is 0 Å². The van der Waals surface area contributed by atoms with Crippen LogP contribution in [0.1, 0.15) is 26.2 Å². The Hall–Kier alpha value is -0.540. The van der Waals surface area contributed by atoms with Crippen molar-refractivity contribution in [2.45, 2.75) is 38.4 Å². The number of hydrogen-bond donors (Lipinski definition) is 1. The van der Waals surface area contributed by atoms with Crippen LogP contribution >= 0.6 is 0 Å². The Bertz CT molecular complexity index is 161. The van der Waals surface area contributed by atoms with Crippen molar-refractivity contribution in [3.63, 3.8) is 0 Å². The van der Waals surface area contributed by atoms with Crippen LogP contribution in [0.25, 0.3) is 0 Å². The van der Waals surface area contributed by atoms with Crippen LogP contribution in [0.15, 0.2) is 12.8 Å². The molecule has 1 fully saturated rings. The zero-order chi connectivity index (χ0) is 10.2. The molecule has 0 aromatic heterocycles. The quantitative estimate of drug-likeness (QED) is 0.500. The highest BCUT2D eigenvalue weighted by Gasteiger charge is 2.20. The fraction of sp³-hybridized carbons (Fsp3) is 0.818. The molecule has 1 aliphatic rings. The standard InChI is InChI=1S/C11H21NO2/c1-3-13-8-4-7-12-9-11-6-5-10(2)14-11/h3,10-12H,1,4-9H2,2H3. The predicted molar refractivity (Wildman–Crippen MR) is 57.2 cm³/mol. The number of hydrogen-bond acceptors (Lipinski definition) is 3. The summed E-state index contributed by atoms with van der Waals surface area (Å²) in [7, 11) is 0. The Labute approximate surface area is 86.5 Å². The highest BCUT2D eigenvalue weighted by molar-refractivity contribution is 4.72. The molecule has 3 heteroatoms. The van der Waals surface area contributed by atoms with E-state index in [1.54, 1.807) is 0 Å². The Balaban J connectivity index is 1.86. The maximum absolute atomic E-state index is 5.68. The van der Waals surface area contributed by atoms with Crippen LogP contribution < -0.4 is 5.32 Å². The van der Waals surface area contributed by atoms with E-state index in [4.69, 9.17) is 9.47 Å². The molecule has 1 N–H and O–H groups in total. The lowest BCUT2D eigenvalue weighted by Gasteiger charge is -2.11. The monoisotopic (exact) mass is 199 g/mol. The van der Waals surface area contributed by atoms with Gasteiger partial charge in [-0.3, -0.25) is 0 Å². The summed E-state index contributed by atoms with van der Waals surface area (Å²) >= 11 is 0. The van der Waals surface area contributed by atoms with Crippen molar-refractivity contribution >= 4 is 0 Å². The first-order valence-electron chi connectivity index (χ1n) is 5.41. The second kappa shape index (κ2) is 6.85. The second-order valence-electron chi connectivity index (χ2n) is 3.74. The minimum absolute atomic E-state index is 0.422. The Morgan fingerprint density at radius 3 is 3.07 bits per heavy atom. The van der Waals surface area contributed by atoms with E-state index in [1.807, 2.05) is 0 Å². The molecule has 0 bridgehead atoms. The van der Waals surface area contributed by atoms with E-state index >= 15 is 0 Å². The zero-order valence-electron chi connectivity index (χ0n) is 9.00. The molecule has 3 nitrogen and oxygen atoms in total. The van der Waals surface area contributed by atoms with Gasteiger partial charge in [0.15, 0.2) is 0 Å². The van der Waals surface area contributed by atoms with Crippen molar-refractivity contribution in [1.82, 2.24) is 5.32 Å². The van der Waals surface area contributed by atoms with Gasteiger partial charge < -0.3 is 14.8 Å². The molecule has 1 aliphatic heterocycles. The molecule has 0 spiro atoms. The summed E-state index contributed by atoms with van der Waals surface area (Å²) in [5, 5.41) is 3.37. The van der Waals surface area contributed by atoms with Crippen molar-refractivity contribution in [1.29, 1.82) is 0 Å². The maximum atomic E-state index is 5.68. The zero-order valence-corrected chi connectivity index (χ0v) is 9.00. The molecular formula is C11H21NO2. The molecule has 1 rings (SSSR count). The first-order valence-corrected chi connectivity index (χ1v) is 5.41. The lowest BCUT2D eigenvalue weighted by atomic mass is 10.2. The molecule has 2 atom stereocenters. The third-order valence-electron chi connectivity index (χ3n) is 2.43. The van der Waals surface area contributed by atoms with Gasteiger partial charge in [-0.15, -0.1) is 0 Å². The smallest absolute Gasteiger partial charge is 0.0885 e. The summed E-state index contributed by atoms with van der Waals surface area (Å²) in [6, 6.07) is 0. The van der Waals surface area contributed by atoms with E-state index in [0.29, 0.717) is 12.2 Å². The van der Waals surface area contributed by atoms with E-state index in [-0.39, 0.29) is 0 Å². The SMILES string of the molecule is C=COCCCNCC1CCC(C)O1. The van der Waals surface area contributed by atoms with Gasteiger partial charge in [-0.2, -0.15) is 0 Å². The van der Waals surface area contributed by atoms with Crippen LogP contribution in [0.3, 0.4) is 0 Å². The van der Waals surface area contributed by atoms with Gasteiger partial charge >= 0.3 is 0 Å². The van der Waals surface area contributed by atoms with Crippen molar-refractivity contribution in [3.8, 4) is 0 Å². The van der Waals surface area contributed by atoms with Crippen molar-refractivity contribution in [2.75, 3.05) is 19.7 Å². The average molecular weight is 199 g/mol. The largest absolute Gasteiger partial charge is 0.502 e. The van der Waals surface area contributed by atoms with Gasteiger partial charge in [0.1, 0.15) is 0 Å². The Morgan fingerprint density at radius 1 is 1.57 bits per heavy atom.